The Morgan fingerprint density at radius 3 is 2.16 bits per heavy atom. The summed E-state index contributed by atoms with van der Waals surface area (Å²) in [6, 6.07) is 0. The molecule has 0 bridgehead atoms. The first-order valence-electron chi connectivity index (χ1n) is 13.7. The molecule has 0 fully saturated rings. The van der Waals surface area contributed by atoms with Crippen LogP contribution in [-0.2, 0) is 0 Å². The average Bonchev–Trinajstić information content (AvgIpc) is 3.23. The number of nitrogens with two attached hydrogens (primary N) is 1. The van der Waals surface area contributed by atoms with Gasteiger partial charge in [-0.3, -0.25) is 4.99 Å². The monoisotopic (exact) mass is 434 g/mol. The summed E-state index contributed by atoms with van der Waals surface area (Å²) in [4.78, 5) is 7.25. The van der Waals surface area contributed by atoms with E-state index >= 15 is 0 Å². The molecule has 0 atom stereocenters. The van der Waals surface area contributed by atoms with Crippen molar-refractivity contribution in [2.24, 2.45) is 10.7 Å². The van der Waals surface area contributed by atoms with Gasteiger partial charge >= 0.3 is 0 Å². The molecule has 0 amide bonds. The number of nitrogens with one attached hydrogen (secondary N) is 1. The molecule has 4 heteroatoms. The number of nitrogens with zero attached hydrogens (tertiary/aromatic N) is 2. The van der Waals surface area contributed by atoms with Crippen LogP contribution in [0.3, 0.4) is 0 Å². The van der Waals surface area contributed by atoms with Gasteiger partial charge in [0, 0.05) is 26.1 Å². The third-order valence-corrected chi connectivity index (χ3v) is 6.31. The fourth-order valence-corrected chi connectivity index (χ4v) is 4.27. The summed E-state index contributed by atoms with van der Waals surface area (Å²) in [6.07, 6.45) is 27.4. The average molecular weight is 435 g/mol. The van der Waals surface area contributed by atoms with Crippen molar-refractivity contribution in [3.05, 3.63) is 12.2 Å². The van der Waals surface area contributed by atoms with Crippen LogP contribution in [0.15, 0.2) is 17.1 Å². The van der Waals surface area contributed by atoms with Crippen LogP contribution >= 0.6 is 0 Å². The second-order valence-corrected chi connectivity index (χ2v) is 9.22. The molecule has 31 heavy (non-hydrogen) atoms. The molecule has 0 saturated carbocycles. The lowest BCUT2D eigenvalue weighted by Crippen LogP contribution is -2.35. The fourth-order valence-electron chi connectivity index (χ4n) is 4.27. The van der Waals surface area contributed by atoms with E-state index in [4.69, 9.17) is 10.7 Å². The summed E-state index contributed by atoms with van der Waals surface area (Å²) >= 11 is 0. The highest BCUT2D eigenvalue weighted by atomic mass is 15.2. The second-order valence-electron chi connectivity index (χ2n) is 9.22. The Morgan fingerprint density at radius 1 is 0.806 bits per heavy atom. The van der Waals surface area contributed by atoms with Gasteiger partial charge in [0.2, 0.25) is 0 Å². The van der Waals surface area contributed by atoms with Crippen molar-refractivity contribution in [2.75, 3.05) is 39.3 Å². The Balaban J connectivity index is 1.87. The van der Waals surface area contributed by atoms with Crippen LogP contribution < -0.4 is 11.1 Å². The third kappa shape index (κ3) is 17.4. The molecular formula is C27H54N4. The number of amidine groups is 1. The minimum absolute atomic E-state index is 0.823. The van der Waals surface area contributed by atoms with E-state index in [-0.39, 0.29) is 0 Å². The van der Waals surface area contributed by atoms with Gasteiger partial charge < -0.3 is 16.0 Å². The van der Waals surface area contributed by atoms with Gasteiger partial charge in [0.1, 0.15) is 0 Å². The van der Waals surface area contributed by atoms with E-state index in [0.29, 0.717) is 0 Å². The van der Waals surface area contributed by atoms with Gasteiger partial charge in [0.05, 0.1) is 12.4 Å². The van der Waals surface area contributed by atoms with Crippen LogP contribution in [0.2, 0.25) is 0 Å². The highest BCUT2D eigenvalue weighted by molar-refractivity contribution is 5.83. The lowest BCUT2D eigenvalue weighted by molar-refractivity contribution is 0.431. The summed E-state index contributed by atoms with van der Waals surface area (Å²) in [6.45, 7) is 8.54. The van der Waals surface area contributed by atoms with Crippen molar-refractivity contribution in [1.29, 1.82) is 0 Å². The quantitative estimate of drug-likeness (QED) is 0.143. The van der Waals surface area contributed by atoms with Crippen LogP contribution in [0.1, 0.15) is 116 Å². The topological polar surface area (TPSA) is 53.6 Å². The summed E-state index contributed by atoms with van der Waals surface area (Å²) < 4.78 is 0. The Hall–Kier alpha value is -0.870. The maximum atomic E-state index is 5.54. The Labute approximate surface area is 194 Å². The van der Waals surface area contributed by atoms with Crippen molar-refractivity contribution in [2.45, 2.75) is 116 Å². The molecule has 182 valence electrons. The van der Waals surface area contributed by atoms with Gasteiger partial charge in [0.25, 0.3) is 0 Å². The van der Waals surface area contributed by atoms with Crippen LogP contribution in [0.4, 0.5) is 0 Å². The minimum atomic E-state index is 0.823. The fraction of sp³-hybridized carbons (Fsp3) is 0.889. The minimum Gasteiger partial charge on any atom is -0.357 e. The van der Waals surface area contributed by atoms with Gasteiger partial charge in [0.15, 0.2) is 0 Å². The van der Waals surface area contributed by atoms with E-state index in [1.165, 1.54) is 109 Å². The normalized spacial score (nSPS) is 14.1. The molecule has 0 saturated heterocycles. The zero-order chi connectivity index (χ0) is 22.2. The van der Waals surface area contributed by atoms with E-state index in [2.05, 4.69) is 29.3 Å². The van der Waals surface area contributed by atoms with Gasteiger partial charge in [-0.05, 0) is 58.0 Å². The van der Waals surface area contributed by atoms with E-state index in [9.17, 15) is 0 Å². The van der Waals surface area contributed by atoms with Crippen LogP contribution in [0.5, 0.6) is 0 Å². The van der Waals surface area contributed by atoms with E-state index < -0.39 is 0 Å². The van der Waals surface area contributed by atoms with Crippen molar-refractivity contribution in [3.63, 3.8) is 0 Å². The maximum Gasteiger partial charge on any atom is 0.0990 e. The zero-order valence-electron chi connectivity index (χ0n) is 20.9. The van der Waals surface area contributed by atoms with Crippen LogP contribution in [-0.4, -0.2) is 50.0 Å². The van der Waals surface area contributed by atoms with Gasteiger partial charge in [-0.2, -0.15) is 0 Å². The maximum absolute atomic E-state index is 5.54. The predicted octanol–water partition coefficient (Wildman–Crippen LogP) is 6.46. The van der Waals surface area contributed by atoms with Crippen molar-refractivity contribution in [3.8, 4) is 0 Å². The summed E-state index contributed by atoms with van der Waals surface area (Å²) in [5, 5.41) is 3.57. The summed E-state index contributed by atoms with van der Waals surface area (Å²) in [5.41, 5.74) is 5.54. The van der Waals surface area contributed by atoms with Crippen molar-refractivity contribution < 1.29 is 0 Å². The second kappa shape index (κ2) is 22.3. The standard InChI is InChI=1S/C27H54N4/c1-2-3-4-5-6-7-8-9-10-11-12-13-14-15-17-20-27-30-24-26-31(27)25-23-29-22-19-16-18-21-28/h9-10,29H,2-8,11-26,28H2,1H3/b10-9-. The molecule has 0 radical (unpaired) electrons. The molecule has 1 aliphatic heterocycles. The molecule has 0 aliphatic carbocycles. The molecule has 1 heterocycles. The number of rotatable bonds is 23. The highest BCUT2D eigenvalue weighted by Gasteiger charge is 2.15. The number of hydrogen-bond acceptors (Lipinski definition) is 4. The predicted molar refractivity (Wildman–Crippen MR) is 139 cm³/mol. The Morgan fingerprint density at radius 2 is 1.45 bits per heavy atom. The van der Waals surface area contributed by atoms with Crippen LogP contribution in [0, 0.1) is 0 Å². The van der Waals surface area contributed by atoms with Gasteiger partial charge in [-0.1, -0.05) is 76.9 Å². The van der Waals surface area contributed by atoms with Crippen molar-refractivity contribution >= 4 is 5.84 Å². The smallest absolute Gasteiger partial charge is 0.0990 e. The molecule has 0 aromatic heterocycles. The first-order valence-corrected chi connectivity index (χ1v) is 13.7. The number of unbranched alkanes of at least 4 members (excludes halogenated alkanes) is 13. The van der Waals surface area contributed by atoms with Crippen LogP contribution in [0.25, 0.3) is 0 Å². The van der Waals surface area contributed by atoms with E-state index in [1.54, 1.807) is 0 Å². The molecule has 4 nitrogen and oxygen atoms in total. The molecule has 3 N–H and O–H groups in total. The number of aliphatic imine (C=N–C) groups is 1. The van der Waals surface area contributed by atoms with E-state index in [0.717, 1.165) is 45.7 Å². The first kappa shape index (κ1) is 28.2. The number of hydrogen-bond donors (Lipinski definition) is 2. The Kier molecular flexibility index (Phi) is 20.3. The molecule has 1 aliphatic rings. The molecule has 0 spiro atoms. The lowest BCUT2D eigenvalue weighted by Gasteiger charge is -2.20. The first-order chi connectivity index (χ1) is 15.4. The molecule has 0 unspecified atom stereocenters. The van der Waals surface area contributed by atoms with Gasteiger partial charge in [-0.15, -0.1) is 0 Å². The summed E-state index contributed by atoms with van der Waals surface area (Å²) in [7, 11) is 0. The lowest BCUT2D eigenvalue weighted by atomic mass is 10.1. The molecule has 0 aromatic carbocycles. The SMILES string of the molecule is CCCCCCCC/C=C\CCCCCCCC1=NCCN1CCNCCCCCN. The van der Waals surface area contributed by atoms with Gasteiger partial charge in [-0.25, -0.2) is 0 Å². The molecular weight excluding hydrogens is 380 g/mol. The highest BCUT2D eigenvalue weighted by Crippen LogP contribution is 2.12. The molecule has 1 rings (SSSR count). The molecule has 0 aromatic rings. The zero-order valence-corrected chi connectivity index (χ0v) is 20.9. The summed E-state index contributed by atoms with van der Waals surface area (Å²) in [5.74, 6) is 1.36. The van der Waals surface area contributed by atoms with Crippen molar-refractivity contribution in [1.82, 2.24) is 10.2 Å². The number of allylic oxidation sites excluding steroid dienone is 2. The third-order valence-electron chi connectivity index (χ3n) is 6.31. The van der Waals surface area contributed by atoms with E-state index in [1.807, 2.05) is 0 Å². The largest absolute Gasteiger partial charge is 0.357 e. The Bertz CT molecular complexity index is 433.